The molecule has 3 amide bonds. The Morgan fingerprint density at radius 2 is 1.85 bits per heavy atom. The molecule has 8 heteroatoms. The van der Waals surface area contributed by atoms with E-state index in [0.717, 1.165) is 10.0 Å². The zero-order valence-corrected chi connectivity index (χ0v) is 19.9. The van der Waals surface area contributed by atoms with Gasteiger partial charge in [-0.3, -0.25) is 19.3 Å². The van der Waals surface area contributed by atoms with Crippen LogP contribution in [-0.4, -0.2) is 30.9 Å². The summed E-state index contributed by atoms with van der Waals surface area (Å²) in [6.45, 7) is 0. The molecule has 0 bridgehead atoms. The molecule has 0 fully saturated rings. The van der Waals surface area contributed by atoms with Gasteiger partial charge >= 0.3 is 0 Å². The number of methoxy groups -OCH3 is 1. The highest BCUT2D eigenvalue weighted by Gasteiger charge is 2.37. The van der Waals surface area contributed by atoms with Crippen LogP contribution in [-0.2, 0) is 14.4 Å². The lowest BCUT2D eigenvalue weighted by Crippen LogP contribution is -2.52. The van der Waals surface area contributed by atoms with Gasteiger partial charge < -0.3 is 15.4 Å². The van der Waals surface area contributed by atoms with Gasteiger partial charge in [-0.2, -0.15) is 0 Å². The third-order valence-corrected chi connectivity index (χ3v) is 5.79. The smallest absolute Gasteiger partial charge is 0.251 e. The number of benzene rings is 3. The largest absolute Gasteiger partial charge is 0.497 e. The van der Waals surface area contributed by atoms with E-state index in [0.29, 0.717) is 22.8 Å². The number of amides is 3. The third kappa shape index (κ3) is 5.35. The van der Waals surface area contributed by atoms with Gasteiger partial charge in [-0.05, 0) is 54.1 Å². The van der Waals surface area contributed by atoms with Crippen molar-refractivity contribution >= 4 is 56.8 Å². The van der Waals surface area contributed by atoms with Crippen LogP contribution in [0.1, 0.15) is 12.0 Å². The van der Waals surface area contributed by atoms with E-state index >= 15 is 0 Å². The van der Waals surface area contributed by atoms with Gasteiger partial charge in [-0.1, -0.05) is 46.3 Å². The Kier molecular flexibility index (Phi) is 7.08. The number of rotatable bonds is 6. The van der Waals surface area contributed by atoms with E-state index in [1.165, 1.54) is 11.0 Å². The van der Waals surface area contributed by atoms with Crippen molar-refractivity contribution in [2.45, 2.75) is 12.5 Å². The maximum atomic E-state index is 13.3. The van der Waals surface area contributed by atoms with E-state index in [1.54, 1.807) is 67.8 Å². The summed E-state index contributed by atoms with van der Waals surface area (Å²) in [6, 6.07) is 20.4. The number of fused-ring (bicyclic) bond motifs is 1. The fourth-order valence-corrected chi connectivity index (χ4v) is 4.06. The van der Waals surface area contributed by atoms with Crippen LogP contribution in [0.5, 0.6) is 5.75 Å². The summed E-state index contributed by atoms with van der Waals surface area (Å²) in [6.07, 6.45) is 2.86. The first kappa shape index (κ1) is 23.3. The second-order valence-electron chi connectivity index (χ2n) is 7.60. The van der Waals surface area contributed by atoms with Crippen molar-refractivity contribution in [1.29, 1.82) is 0 Å². The van der Waals surface area contributed by atoms with Gasteiger partial charge in [0.05, 0.1) is 24.9 Å². The van der Waals surface area contributed by atoms with Crippen LogP contribution in [0.2, 0.25) is 0 Å². The first-order valence-corrected chi connectivity index (χ1v) is 11.3. The standard InChI is InChI=1S/C26H22BrN3O4/c1-34-20-12-9-17(10-13-20)11-14-25(32)30-22-8-3-2-7-21(22)29-26(33)23(30)16-24(31)28-19-6-4-5-18(27)15-19/h2-15,23H,16H2,1H3,(H,28,31)(H,29,33)/b14-11+/t23-/m0/s1. The lowest BCUT2D eigenvalue weighted by Gasteiger charge is -2.35. The molecule has 0 saturated carbocycles. The van der Waals surface area contributed by atoms with Crippen LogP contribution < -0.4 is 20.3 Å². The van der Waals surface area contributed by atoms with Crippen molar-refractivity contribution in [1.82, 2.24) is 0 Å². The van der Waals surface area contributed by atoms with Crippen molar-refractivity contribution in [3.63, 3.8) is 0 Å². The van der Waals surface area contributed by atoms with Gasteiger partial charge in [-0.25, -0.2) is 0 Å². The average molecular weight is 520 g/mol. The number of carbonyl (C=O) groups excluding carboxylic acids is 3. The number of halogens is 1. The molecule has 1 aliphatic heterocycles. The summed E-state index contributed by atoms with van der Waals surface area (Å²) in [5, 5.41) is 5.59. The van der Waals surface area contributed by atoms with Gasteiger partial charge in [0.1, 0.15) is 11.8 Å². The molecular weight excluding hydrogens is 498 g/mol. The lowest BCUT2D eigenvalue weighted by molar-refractivity contribution is -0.124. The number of nitrogens with one attached hydrogen (secondary N) is 2. The number of carbonyl (C=O) groups is 3. The fraction of sp³-hybridized carbons (Fsp3) is 0.115. The predicted octanol–water partition coefficient (Wildman–Crippen LogP) is 4.85. The first-order valence-electron chi connectivity index (χ1n) is 10.6. The highest BCUT2D eigenvalue weighted by molar-refractivity contribution is 9.10. The number of hydrogen-bond acceptors (Lipinski definition) is 4. The molecule has 0 aromatic heterocycles. The monoisotopic (exact) mass is 519 g/mol. The summed E-state index contributed by atoms with van der Waals surface area (Å²) < 4.78 is 5.97. The predicted molar refractivity (Wildman–Crippen MR) is 136 cm³/mol. The Labute approximate surface area is 205 Å². The lowest BCUT2D eigenvalue weighted by atomic mass is 10.0. The molecule has 0 aliphatic carbocycles. The molecular formula is C26H22BrN3O4. The summed E-state index contributed by atoms with van der Waals surface area (Å²) in [5.74, 6) is -0.496. The number of nitrogens with zero attached hydrogens (tertiary/aromatic N) is 1. The van der Waals surface area contributed by atoms with E-state index < -0.39 is 17.9 Å². The first-order chi connectivity index (χ1) is 16.4. The van der Waals surface area contributed by atoms with Crippen LogP contribution in [0.25, 0.3) is 6.08 Å². The minimum Gasteiger partial charge on any atom is -0.497 e. The molecule has 0 unspecified atom stereocenters. The van der Waals surface area contributed by atoms with E-state index in [-0.39, 0.29) is 12.3 Å². The van der Waals surface area contributed by atoms with Crippen LogP contribution >= 0.6 is 15.9 Å². The zero-order valence-electron chi connectivity index (χ0n) is 18.3. The highest BCUT2D eigenvalue weighted by Crippen LogP contribution is 2.33. The molecule has 3 aromatic carbocycles. The quantitative estimate of drug-likeness (QED) is 0.455. The summed E-state index contributed by atoms with van der Waals surface area (Å²) in [5.41, 5.74) is 2.44. The summed E-state index contributed by atoms with van der Waals surface area (Å²) >= 11 is 3.37. The van der Waals surface area contributed by atoms with E-state index in [9.17, 15) is 14.4 Å². The van der Waals surface area contributed by atoms with Crippen LogP contribution in [0.4, 0.5) is 17.1 Å². The van der Waals surface area contributed by atoms with Crippen molar-refractivity contribution in [2.75, 3.05) is 22.6 Å². The van der Waals surface area contributed by atoms with Crippen molar-refractivity contribution in [2.24, 2.45) is 0 Å². The molecule has 2 N–H and O–H groups in total. The van der Waals surface area contributed by atoms with E-state index in [4.69, 9.17) is 4.74 Å². The SMILES string of the molecule is COc1ccc(/C=C/C(=O)N2c3ccccc3NC(=O)[C@@H]2CC(=O)Nc2cccc(Br)c2)cc1. The third-order valence-electron chi connectivity index (χ3n) is 5.29. The second-order valence-corrected chi connectivity index (χ2v) is 8.52. The highest BCUT2D eigenvalue weighted by atomic mass is 79.9. The molecule has 0 saturated heterocycles. The minimum atomic E-state index is -1.00. The maximum absolute atomic E-state index is 13.3. The van der Waals surface area contributed by atoms with Crippen molar-refractivity contribution in [3.8, 4) is 5.75 Å². The topological polar surface area (TPSA) is 87.7 Å². The van der Waals surface area contributed by atoms with Crippen LogP contribution in [0, 0.1) is 0 Å². The second kappa shape index (κ2) is 10.4. The maximum Gasteiger partial charge on any atom is 0.251 e. The minimum absolute atomic E-state index is 0.200. The van der Waals surface area contributed by atoms with Gasteiger partial charge in [-0.15, -0.1) is 0 Å². The molecule has 34 heavy (non-hydrogen) atoms. The van der Waals surface area contributed by atoms with E-state index in [2.05, 4.69) is 26.6 Å². The average Bonchev–Trinajstić information content (AvgIpc) is 2.83. The summed E-state index contributed by atoms with van der Waals surface area (Å²) in [4.78, 5) is 40.4. The van der Waals surface area contributed by atoms with Crippen LogP contribution in [0.15, 0.2) is 83.3 Å². The van der Waals surface area contributed by atoms with Crippen molar-refractivity contribution in [3.05, 3.63) is 88.9 Å². The Morgan fingerprint density at radius 3 is 2.59 bits per heavy atom. The molecule has 3 aromatic rings. The molecule has 0 spiro atoms. The Bertz CT molecular complexity index is 1260. The zero-order chi connectivity index (χ0) is 24.1. The number of para-hydroxylation sites is 2. The van der Waals surface area contributed by atoms with Gasteiger partial charge in [0.15, 0.2) is 0 Å². The van der Waals surface area contributed by atoms with E-state index in [1.807, 2.05) is 18.2 Å². The van der Waals surface area contributed by atoms with Crippen molar-refractivity contribution < 1.29 is 19.1 Å². The molecule has 4 rings (SSSR count). The van der Waals surface area contributed by atoms with Gasteiger partial charge in [0.2, 0.25) is 11.8 Å². The molecule has 1 heterocycles. The van der Waals surface area contributed by atoms with Gasteiger partial charge in [0.25, 0.3) is 5.91 Å². The van der Waals surface area contributed by atoms with Crippen LogP contribution in [0.3, 0.4) is 0 Å². The molecule has 7 nitrogen and oxygen atoms in total. The van der Waals surface area contributed by atoms with Gasteiger partial charge in [0, 0.05) is 16.2 Å². The molecule has 0 radical (unpaired) electrons. The Balaban J connectivity index is 1.58. The number of anilines is 3. The number of ether oxygens (including phenoxy) is 1. The molecule has 172 valence electrons. The Morgan fingerprint density at radius 1 is 1.09 bits per heavy atom. The molecule has 1 atom stereocenters. The normalized spacial score (nSPS) is 14.9. The molecule has 1 aliphatic rings. The Hall–Kier alpha value is -3.91. The fourth-order valence-electron chi connectivity index (χ4n) is 3.66. The number of hydrogen-bond donors (Lipinski definition) is 2. The summed E-state index contributed by atoms with van der Waals surface area (Å²) in [7, 11) is 1.58.